The first-order valence-electron chi connectivity index (χ1n) is 21.6. The van der Waals surface area contributed by atoms with Gasteiger partial charge in [-0.1, -0.05) is 158 Å². The Morgan fingerprint density at radius 1 is 0.600 bits per heavy atom. The van der Waals surface area contributed by atoms with Crippen molar-refractivity contribution in [2.45, 2.75) is 161 Å². The fourth-order valence-electron chi connectivity index (χ4n) is 5.35. The lowest BCUT2D eigenvalue weighted by atomic mass is 10.0. The molecule has 2 unspecified atom stereocenters. The number of hydrogen-bond donors (Lipinski definition) is 5. The van der Waals surface area contributed by atoms with E-state index in [-0.39, 0.29) is 19.3 Å². The van der Waals surface area contributed by atoms with Gasteiger partial charge in [-0.2, -0.15) is 0 Å². The summed E-state index contributed by atoms with van der Waals surface area (Å²) in [4.78, 5) is 52.6. The molecule has 0 heterocycles. The number of ether oxygens (including phenoxy) is 2. The van der Waals surface area contributed by atoms with Gasteiger partial charge in [-0.25, -0.2) is 9.13 Å². The minimum atomic E-state index is -4.88. The van der Waals surface area contributed by atoms with Crippen LogP contribution < -0.4 is 0 Å². The van der Waals surface area contributed by atoms with Crippen molar-refractivity contribution < 1.29 is 66.7 Å². The number of phosphoric ester groups is 2. The van der Waals surface area contributed by atoms with E-state index in [1.165, 1.54) is 44.9 Å². The third kappa shape index (κ3) is 42.2. The third-order valence-corrected chi connectivity index (χ3v) is 10.1. The van der Waals surface area contributed by atoms with E-state index in [0.717, 1.165) is 50.9 Å². The number of hydrogen-bond acceptors (Lipinski definition) is 11. The van der Waals surface area contributed by atoms with E-state index in [1.807, 2.05) is 12.2 Å². The summed E-state index contributed by atoms with van der Waals surface area (Å²) in [5.74, 6) is -0.456. The summed E-state index contributed by atoms with van der Waals surface area (Å²) in [7, 11) is -9.74. The van der Waals surface area contributed by atoms with Gasteiger partial charge in [0.15, 0.2) is 6.10 Å². The van der Waals surface area contributed by atoms with E-state index < -0.39 is 72.3 Å². The van der Waals surface area contributed by atoms with Crippen LogP contribution in [0.25, 0.3) is 0 Å². The van der Waals surface area contributed by atoms with Crippen LogP contribution in [0.5, 0.6) is 0 Å². The lowest BCUT2D eigenvalue weighted by Crippen LogP contribution is -2.29. The van der Waals surface area contributed by atoms with Crippen molar-refractivity contribution in [3.8, 4) is 0 Å². The van der Waals surface area contributed by atoms with E-state index >= 15 is 0 Å². The molecule has 0 radical (unpaired) electrons. The van der Waals surface area contributed by atoms with Crippen molar-refractivity contribution in [1.82, 2.24) is 0 Å². The zero-order valence-electron chi connectivity index (χ0n) is 36.3. The second-order valence-corrected chi connectivity index (χ2v) is 17.6. The summed E-state index contributed by atoms with van der Waals surface area (Å²) in [6.07, 6.45) is 36.6. The summed E-state index contributed by atoms with van der Waals surface area (Å²) < 4.78 is 47.6. The Hall–Kier alpha value is -2.48. The SMILES string of the molecule is CC/C=C\C/C=C\C/C=C\C/C=C\C=C/C(O)C/C=C\CCC(=O)O[C@H](COC(=O)CCCCCCCCCCCCC(C)C)COP(=O)(O)OC[C@@H](O)COP(=O)(O)O. The van der Waals surface area contributed by atoms with E-state index in [9.17, 15) is 33.8 Å². The molecule has 14 nitrogen and oxygen atoms in total. The molecule has 16 heteroatoms. The molecule has 0 saturated carbocycles. The molecule has 0 bridgehead atoms. The van der Waals surface area contributed by atoms with Crippen molar-refractivity contribution >= 4 is 27.6 Å². The smallest absolute Gasteiger partial charge is 0.462 e. The highest BCUT2D eigenvalue weighted by molar-refractivity contribution is 7.47. The first kappa shape index (κ1) is 57.5. The van der Waals surface area contributed by atoms with Gasteiger partial charge in [0.05, 0.1) is 25.9 Å². The van der Waals surface area contributed by atoms with Crippen LogP contribution in [0.3, 0.4) is 0 Å². The predicted octanol–water partition coefficient (Wildman–Crippen LogP) is 9.83. The van der Waals surface area contributed by atoms with Crippen molar-refractivity contribution in [3.05, 3.63) is 72.9 Å². The molecule has 0 aliphatic carbocycles. The number of phosphoric acid groups is 2. The largest absolute Gasteiger partial charge is 0.472 e. The summed E-state index contributed by atoms with van der Waals surface area (Å²) in [6, 6.07) is 0. The Labute approximate surface area is 359 Å². The van der Waals surface area contributed by atoms with E-state index in [0.29, 0.717) is 12.8 Å². The molecule has 4 atom stereocenters. The molecule has 0 aromatic carbocycles. The van der Waals surface area contributed by atoms with E-state index in [4.69, 9.17) is 23.8 Å². The molecule has 0 fully saturated rings. The lowest BCUT2D eigenvalue weighted by molar-refractivity contribution is -0.161. The summed E-state index contributed by atoms with van der Waals surface area (Å²) in [5, 5.41) is 20.0. The Balaban J connectivity index is 4.76. The number of allylic oxidation sites excluding steroid dienone is 10. The molecule has 346 valence electrons. The van der Waals surface area contributed by atoms with Crippen molar-refractivity contribution in [2.24, 2.45) is 5.92 Å². The van der Waals surface area contributed by atoms with Gasteiger partial charge in [-0.15, -0.1) is 0 Å². The van der Waals surface area contributed by atoms with Crippen molar-refractivity contribution in [3.63, 3.8) is 0 Å². The minimum Gasteiger partial charge on any atom is -0.462 e. The van der Waals surface area contributed by atoms with Crippen molar-refractivity contribution in [2.75, 3.05) is 26.4 Å². The highest BCUT2D eigenvalue weighted by Gasteiger charge is 2.28. The second kappa shape index (κ2) is 38.2. The minimum absolute atomic E-state index is 0.0774. The van der Waals surface area contributed by atoms with Gasteiger partial charge in [-0.3, -0.25) is 23.2 Å². The lowest BCUT2D eigenvalue weighted by Gasteiger charge is -2.20. The number of unbranched alkanes of at least 4 members (excludes halogenated alkanes) is 9. The maximum absolute atomic E-state index is 12.6. The van der Waals surface area contributed by atoms with Crippen LogP contribution in [-0.2, 0) is 41.8 Å². The van der Waals surface area contributed by atoms with Crippen LogP contribution in [0.2, 0.25) is 0 Å². The Morgan fingerprint density at radius 3 is 1.75 bits per heavy atom. The zero-order valence-corrected chi connectivity index (χ0v) is 38.1. The van der Waals surface area contributed by atoms with Gasteiger partial charge in [-0.05, 0) is 50.9 Å². The monoisotopic (exact) mass is 890 g/mol. The maximum atomic E-state index is 12.6. The molecule has 5 N–H and O–H groups in total. The van der Waals surface area contributed by atoms with Crippen LogP contribution in [0, 0.1) is 5.92 Å². The number of aliphatic hydroxyl groups is 2. The quantitative estimate of drug-likeness (QED) is 0.0128. The highest BCUT2D eigenvalue weighted by atomic mass is 31.2. The molecule has 60 heavy (non-hydrogen) atoms. The Kier molecular flexibility index (Phi) is 36.6. The number of aliphatic hydroxyl groups excluding tert-OH is 2. The normalized spacial score (nSPS) is 15.3. The van der Waals surface area contributed by atoms with Crippen molar-refractivity contribution in [1.29, 1.82) is 0 Å². The first-order chi connectivity index (χ1) is 28.6. The Bertz CT molecular complexity index is 1370. The maximum Gasteiger partial charge on any atom is 0.472 e. The fourth-order valence-corrected chi connectivity index (χ4v) is 6.50. The molecular weight excluding hydrogens is 814 g/mol. The van der Waals surface area contributed by atoms with Gasteiger partial charge < -0.3 is 34.4 Å². The number of esters is 2. The van der Waals surface area contributed by atoms with Crippen LogP contribution in [-0.4, -0.2) is 81.6 Å². The number of rotatable bonds is 39. The van der Waals surface area contributed by atoms with Crippen LogP contribution >= 0.6 is 15.6 Å². The Morgan fingerprint density at radius 2 is 1.15 bits per heavy atom. The van der Waals surface area contributed by atoms with Gasteiger partial charge in [0, 0.05) is 12.8 Å². The molecule has 0 saturated heterocycles. The molecule has 0 aromatic rings. The molecular formula is C44H76O14P2. The molecule has 0 amide bonds. The average Bonchev–Trinajstić information content (AvgIpc) is 3.19. The molecule has 0 aromatic heterocycles. The summed E-state index contributed by atoms with van der Waals surface area (Å²) >= 11 is 0. The van der Waals surface area contributed by atoms with Gasteiger partial charge >= 0.3 is 27.6 Å². The zero-order chi connectivity index (χ0) is 44.7. The standard InChI is InChI=1S/C44H76O14P2/c1-4-5-6-7-8-9-10-11-12-16-19-22-26-31-40(45)32-27-24-29-34-44(48)58-42(38-57-60(52,53)56-36-41(46)35-55-59(49,50)51)37-54-43(47)33-28-23-20-17-14-13-15-18-21-25-30-39(2)3/h5-6,8-9,11-12,19,22,24,26-27,31,39-42,45-46H,4,7,10,13-18,20-21,23,25,28-30,32-38H2,1-3H3,(H,52,53)(H2,49,50,51)/b6-5-,9-8-,12-11-,22-19-,27-24-,31-26-/t40?,41-,42+/m0/s1. The van der Waals surface area contributed by atoms with Crippen LogP contribution in [0.1, 0.15) is 143 Å². The fraction of sp³-hybridized carbons (Fsp3) is 0.682. The van der Waals surface area contributed by atoms with Gasteiger partial charge in [0.1, 0.15) is 12.7 Å². The summed E-state index contributed by atoms with van der Waals surface area (Å²) in [5.41, 5.74) is 0. The summed E-state index contributed by atoms with van der Waals surface area (Å²) in [6.45, 7) is 3.72. The molecule has 0 spiro atoms. The second-order valence-electron chi connectivity index (χ2n) is 14.9. The molecule has 0 aliphatic heterocycles. The molecule has 0 aliphatic rings. The van der Waals surface area contributed by atoms with E-state index in [1.54, 1.807) is 24.3 Å². The van der Waals surface area contributed by atoms with Crippen LogP contribution in [0.4, 0.5) is 0 Å². The molecule has 0 rings (SSSR count). The van der Waals surface area contributed by atoms with Crippen LogP contribution in [0.15, 0.2) is 72.9 Å². The number of carbonyl (C=O) groups is 2. The predicted molar refractivity (Wildman–Crippen MR) is 236 cm³/mol. The number of carbonyl (C=O) groups excluding carboxylic acids is 2. The topological polar surface area (TPSA) is 216 Å². The van der Waals surface area contributed by atoms with Gasteiger partial charge in [0.2, 0.25) is 0 Å². The van der Waals surface area contributed by atoms with Gasteiger partial charge in [0.25, 0.3) is 0 Å². The highest BCUT2D eigenvalue weighted by Crippen LogP contribution is 2.43. The average molecular weight is 891 g/mol. The first-order valence-corrected chi connectivity index (χ1v) is 24.6. The van der Waals surface area contributed by atoms with E-state index in [2.05, 4.69) is 66.3 Å². The third-order valence-electron chi connectivity index (χ3n) is 8.62.